The Labute approximate surface area is 269 Å². The third-order valence-corrected chi connectivity index (χ3v) is 8.53. The first-order valence-electron chi connectivity index (χ1n) is 15.4. The number of fused-ring (bicyclic) bond motifs is 1. The first kappa shape index (κ1) is 32.1. The molecule has 2 aliphatic rings. The SMILES string of the molecule is C/C(=C\C(=O)O)c1cc(F)c2nc(CN3CCC(Oc4ccc(F)c(COc5ccc(C#N)cc5F)c4)CC3)n(C[C@@H]3CCO3)c2c1. The topological polar surface area (TPSA) is 110 Å². The Balaban J connectivity index is 1.11. The van der Waals surface area contributed by atoms with Crippen LogP contribution in [0.5, 0.6) is 11.5 Å². The molecule has 3 aromatic carbocycles. The van der Waals surface area contributed by atoms with Crippen LogP contribution in [-0.2, 0) is 29.2 Å². The highest BCUT2D eigenvalue weighted by molar-refractivity contribution is 5.91. The van der Waals surface area contributed by atoms with E-state index >= 15 is 4.39 Å². The van der Waals surface area contributed by atoms with Crippen molar-refractivity contribution in [2.75, 3.05) is 19.7 Å². The standard InChI is InChI=1S/C35H33F3N4O5/c1-21(12-34(43)44)23-15-30(38)35-31(16-23)42(18-27-8-11-45-27)33(40-35)19-41-9-6-25(7-10-41)47-26-3-4-28(36)24(14-26)20-46-32-5-2-22(17-39)13-29(32)37/h2-5,12-16,25,27H,6-11,18-20H2,1H3,(H,43,44)/b21-12+/t27-/m0/s1. The van der Waals surface area contributed by atoms with E-state index < -0.39 is 23.4 Å². The third kappa shape index (κ3) is 7.42. The molecule has 244 valence electrons. The van der Waals surface area contributed by atoms with Crippen LogP contribution >= 0.6 is 0 Å². The summed E-state index contributed by atoms with van der Waals surface area (Å²) in [5.41, 5.74) is 2.13. The van der Waals surface area contributed by atoms with Gasteiger partial charge in [0.05, 0.1) is 36.3 Å². The van der Waals surface area contributed by atoms with Crippen molar-refractivity contribution >= 4 is 22.6 Å². The van der Waals surface area contributed by atoms with Gasteiger partial charge in [-0.15, -0.1) is 0 Å². The number of imidazole rings is 1. The van der Waals surface area contributed by atoms with E-state index in [2.05, 4.69) is 9.88 Å². The van der Waals surface area contributed by atoms with Gasteiger partial charge in [-0.25, -0.2) is 22.9 Å². The summed E-state index contributed by atoms with van der Waals surface area (Å²) >= 11 is 0. The summed E-state index contributed by atoms with van der Waals surface area (Å²) in [7, 11) is 0. The van der Waals surface area contributed by atoms with Crippen LogP contribution < -0.4 is 9.47 Å². The molecule has 1 aromatic heterocycles. The molecule has 0 spiro atoms. The van der Waals surface area contributed by atoms with Crippen LogP contribution in [0.4, 0.5) is 13.2 Å². The van der Waals surface area contributed by atoms with Gasteiger partial charge in [0.1, 0.15) is 35.6 Å². The van der Waals surface area contributed by atoms with Crippen molar-refractivity contribution in [1.29, 1.82) is 5.26 Å². The molecule has 0 bridgehead atoms. The lowest BCUT2D eigenvalue weighted by Gasteiger charge is -2.32. The Bertz CT molecular complexity index is 1870. The normalized spacial score (nSPS) is 17.3. The maximum absolute atomic E-state index is 15.3. The Morgan fingerprint density at radius 1 is 1.09 bits per heavy atom. The molecule has 3 heterocycles. The van der Waals surface area contributed by atoms with Gasteiger partial charge in [0, 0.05) is 31.3 Å². The Morgan fingerprint density at radius 2 is 1.87 bits per heavy atom. The van der Waals surface area contributed by atoms with Crippen LogP contribution in [-0.4, -0.2) is 57.4 Å². The summed E-state index contributed by atoms with van der Waals surface area (Å²) in [6.07, 6.45) is 3.23. The summed E-state index contributed by atoms with van der Waals surface area (Å²) in [4.78, 5) is 18.1. The molecule has 4 aromatic rings. The second-order valence-electron chi connectivity index (χ2n) is 11.8. The lowest BCUT2D eigenvalue weighted by molar-refractivity contribution is -0.131. The van der Waals surface area contributed by atoms with Crippen molar-refractivity contribution in [1.82, 2.24) is 14.5 Å². The number of aromatic nitrogens is 2. The van der Waals surface area contributed by atoms with Gasteiger partial charge in [-0.2, -0.15) is 5.26 Å². The predicted molar refractivity (Wildman–Crippen MR) is 166 cm³/mol. The monoisotopic (exact) mass is 646 g/mol. The van der Waals surface area contributed by atoms with E-state index in [1.54, 1.807) is 25.1 Å². The maximum Gasteiger partial charge on any atom is 0.328 e. The number of benzene rings is 3. The van der Waals surface area contributed by atoms with Gasteiger partial charge in [-0.05, 0) is 85.9 Å². The van der Waals surface area contributed by atoms with Crippen molar-refractivity contribution in [3.63, 3.8) is 0 Å². The zero-order valence-corrected chi connectivity index (χ0v) is 25.7. The number of allylic oxidation sites excluding steroid dienone is 1. The second-order valence-corrected chi connectivity index (χ2v) is 11.8. The first-order valence-corrected chi connectivity index (χ1v) is 15.4. The Kier molecular flexibility index (Phi) is 9.47. The molecule has 0 saturated carbocycles. The molecule has 12 heteroatoms. The lowest BCUT2D eigenvalue weighted by Crippen LogP contribution is -2.39. The van der Waals surface area contributed by atoms with Crippen LogP contribution in [0.1, 0.15) is 48.7 Å². The average Bonchev–Trinajstić information content (AvgIpc) is 3.37. The number of ether oxygens (including phenoxy) is 3. The molecule has 0 radical (unpaired) electrons. The predicted octanol–water partition coefficient (Wildman–Crippen LogP) is 6.22. The number of halogens is 3. The van der Waals surface area contributed by atoms with Gasteiger partial charge in [-0.3, -0.25) is 4.90 Å². The number of carboxylic acid groups (broad SMARTS) is 1. The third-order valence-electron chi connectivity index (χ3n) is 8.53. The van der Waals surface area contributed by atoms with Crippen molar-refractivity contribution in [3.8, 4) is 17.6 Å². The molecule has 9 nitrogen and oxygen atoms in total. The van der Waals surface area contributed by atoms with E-state index in [9.17, 15) is 18.7 Å². The Morgan fingerprint density at radius 3 is 2.55 bits per heavy atom. The minimum Gasteiger partial charge on any atom is -0.490 e. The van der Waals surface area contributed by atoms with E-state index in [0.717, 1.165) is 18.6 Å². The molecule has 6 rings (SSSR count). The smallest absolute Gasteiger partial charge is 0.328 e. The van der Waals surface area contributed by atoms with Crippen molar-refractivity contribution < 1.29 is 37.3 Å². The summed E-state index contributed by atoms with van der Waals surface area (Å²) < 4.78 is 63.3. The van der Waals surface area contributed by atoms with E-state index in [1.165, 1.54) is 24.3 Å². The molecular formula is C35H33F3N4O5. The fourth-order valence-electron chi connectivity index (χ4n) is 5.84. The van der Waals surface area contributed by atoms with Crippen LogP contribution in [0.2, 0.25) is 0 Å². The first-order chi connectivity index (χ1) is 22.7. The molecule has 2 fully saturated rings. The highest BCUT2D eigenvalue weighted by Crippen LogP contribution is 2.29. The minimum atomic E-state index is -1.10. The van der Waals surface area contributed by atoms with Crippen LogP contribution in [0.3, 0.4) is 0 Å². The van der Waals surface area contributed by atoms with Gasteiger partial charge in [0.15, 0.2) is 17.4 Å². The van der Waals surface area contributed by atoms with Gasteiger partial charge < -0.3 is 23.9 Å². The summed E-state index contributed by atoms with van der Waals surface area (Å²) in [6.45, 7) is 4.49. The van der Waals surface area contributed by atoms with Gasteiger partial charge in [0.2, 0.25) is 0 Å². The number of rotatable bonds is 11. The number of nitriles is 1. The number of piperidine rings is 1. The molecule has 0 amide bonds. The van der Waals surface area contributed by atoms with Crippen LogP contribution in [0, 0.1) is 28.8 Å². The highest BCUT2D eigenvalue weighted by atomic mass is 19.1. The fraction of sp³-hybridized carbons (Fsp3) is 0.343. The van der Waals surface area contributed by atoms with Crippen LogP contribution in [0.15, 0.2) is 54.6 Å². The number of hydrogen-bond donors (Lipinski definition) is 1. The van der Waals surface area contributed by atoms with E-state index in [0.29, 0.717) is 73.9 Å². The molecule has 1 N–H and O–H groups in total. The van der Waals surface area contributed by atoms with Gasteiger partial charge >= 0.3 is 5.97 Å². The summed E-state index contributed by atoms with van der Waals surface area (Å²) in [6, 6.07) is 13.2. The molecule has 2 aliphatic heterocycles. The fourth-order valence-corrected chi connectivity index (χ4v) is 5.84. The van der Waals surface area contributed by atoms with Crippen molar-refractivity contribution in [3.05, 3.63) is 94.6 Å². The zero-order valence-electron chi connectivity index (χ0n) is 25.7. The molecule has 2 saturated heterocycles. The van der Waals surface area contributed by atoms with E-state index in [1.807, 2.05) is 10.6 Å². The van der Waals surface area contributed by atoms with Gasteiger partial charge in [-0.1, -0.05) is 0 Å². The average molecular weight is 647 g/mol. The van der Waals surface area contributed by atoms with Crippen molar-refractivity contribution in [2.24, 2.45) is 0 Å². The largest absolute Gasteiger partial charge is 0.490 e. The summed E-state index contributed by atoms with van der Waals surface area (Å²) in [5.74, 6) is -1.72. The van der Waals surface area contributed by atoms with Crippen LogP contribution in [0.25, 0.3) is 16.6 Å². The number of likely N-dealkylation sites (tertiary alicyclic amines) is 1. The van der Waals surface area contributed by atoms with E-state index in [4.69, 9.17) is 19.5 Å². The minimum absolute atomic E-state index is 0.00166. The number of carboxylic acids is 1. The van der Waals surface area contributed by atoms with E-state index in [-0.39, 0.29) is 41.2 Å². The van der Waals surface area contributed by atoms with Crippen molar-refractivity contribution in [2.45, 2.75) is 58.1 Å². The van der Waals surface area contributed by atoms with Gasteiger partial charge in [0.25, 0.3) is 0 Å². The lowest BCUT2D eigenvalue weighted by atomic mass is 10.1. The molecule has 0 unspecified atom stereocenters. The number of aliphatic carboxylic acids is 1. The second kappa shape index (κ2) is 13.9. The Hall–Kier alpha value is -4.86. The summed E-state index contributed by atoms with van der Waals surface area (Å²) in [5, 5.41) is 18.1. The highest BCUT2D eigenvalue weighted by Gasteiger charge is 2.26. The number of nitrogens with zero attached hydrogens (tertiary/aromatic N) is 4. The number of carbonyl (C=O) groups is 1. The maximum atomic E-state index is 15.3. The molecular weight excluding hydrogens is 613 g/mol. The molecule has 0 aliphatic carbocycles. The quantitative estimate of drug-likeness (QED) is 0.191. The molecule has 1 atom stereocenters. The molecule has 47 heavy (non-hydrogen) atoms. The number of hydrogen-bond acceptors (Lipinski definition) is 7. The zero-order chi connectivity index (χ0) is 33.1.